The van der Waals surface area contributed by atoms with Gasteiger partial charge in [-0.15, -0.1) is 0 Å². The summed E-state index contributed by atoms with van der Waals surface area (Å²) in [5, 5.41) is 0.667. The normalized spacial score (nSPS) is 10.7. The molecule has 0 aliphatic carbocycles. The molecule has 0 amide bonds. The lowest BCUT2D eigenvalue weighted by molar-refractivity contribution is 0.0939. The Kier molecular flexibility index (Phi) is 5.43. The van der Waals surface area contributed by atoms with E-state index in [0.717, 1.165) is 17.6 Å². The monoisotopic (exact) mass is 356 g/mol. The van der Waals surface area contributed by atoms with Gasteiger partial charge in [0.25, 0.3) is 0 Å². The Morgan fingerprint density at radius 1 is 0.962 bits per heavy atom. The van der Waals surface area contributed by atoms with Crippen LogP contribution in [-0.4, -0.2) is 27.6 Å². The lowest BCUT2D eigenvalue weighted by Crippen LogP contribution is -1.93. The Morgan fingerprint density at radius 3 is 2.35 bits per heavy atom. The summed E-state index contributed by atoms with van der Waals surface area (Å²) in [6.45, 7) is 0.701. The fourth-order valence-corrected chi connectivity index (χ4v) is 2.73. The Bertz CT molecular complexity index is 895. The number of ether oxygens (including phenoxy) is 4. The van der Waals surface area contributed by atoms with E-state index >= 15 is 0 Å². The third-order valence-corrected chi connectivity index (χ3v) is 4.03. The molecule has 0 unspecified atom stereocenters. The minimum atomic E-state index is 0.268. The van der Waals surface area contributed by atoms with Crippen LogP contribution in [0.25, 0.3) is 11.0 Å². The van der Waals surface area contributed by atoms with Gasteiger partial charge in [0.05, 0.1) is 27.9 Å². The lowest BCUT2D eigenvalue weighted by Gasteiger charge is -2.08. The van der Waals surface area contributed by atoms with Crippen LogP contribution in [0.5, 0.6) is 17.2 Å². The zero-order chi connectivity index (χ0) is 18.5. The number of furan rings is 1. The molecule has 0 aliphatic rings. The molecule has 0 N–H and O–H groups in total. The van der Waals surface area contributed by atoms with Crippen molar-refractivity contribution in [3.05, 3.63) is 53.3 Å². The van der Waals surface area contributed by atoms with Gasteiger partial charge in [-0.1, -0.05) is 12.1 Å². The van der Waals surface area contributed by atoms with E-state index in [0.29, 0.717) is 40.4 Å². The highest BCUT2D eigenvalue weighted by atomic mass is 16.5. The first-order valence-electron chi connectivity index (χ1n) is 8.03. The van der Waals surface area contributed by atoms with E-state index in [9.17, 15) is 4.79 Å². The van der Waals surface area contributed by atoms with Crippen LogP contribution in [0, 0.1) is 0 Å². The van der Waals surface area contributed by atoms with E-state index in [1.165, 1.54) is 14.2 Å². The molecule has 0 saturated carbocycles. The number of fused-ring (bicyclic) bond motifs is 1. The third-order valence-electron chi connectivity index (χ3n) is 4.03. The van der Waals surface area contributed by atoms with Gasteiger partial charge in [-0.05, 0) is 29.8 Å². The molecule has 0 bridgehead atoms. The molecular weight excluding hydrogens is 336 g/mol. The lowest BCUT2D eigenvalue weighted by atomic mass is 10.1. The summed E-state index contributed by atoms with van der Waals surface area (Å²) in [5.41, 5.74) is 1.97. The molecule has 3 rings (SSSR count). The van der Waals surface area contributed by atoms with Crippen molar-refractivity contribution in [2.75, 3.05) is 21.3 Å². The second-order valence-corrected chi connectivity index (χ2v) is 5.62. The molecule has 3 aromatic rings. The first-order valence-corrected chi connectivity index (χ1v) is 8.03. The topological polar surface area (TPSA) is 67.1 Å². The second kappa shape index (κ2) is 7.93. The van der Waals surface area contributed by atoms with Crippen molar-refractivity contribution in [1.82, 2.24) is 0 Å². The number of hydrogen-bond donors (Lipinski definition) is 0. The smallest absolute Gasteiger partial charge is 0.204 e. The van der Waals surface area contributed by atoms with E-state index in [1.54, 1.807) is 19.2 Å². The van der Waals surface area contributed by atoms with Gasteiger partial charge in [0.15, 0.2) is 17.6 Å². The van der Waals surface area contributed by atoms with Gasteiger partial charge in [0.1, 0.15) is 18.1 Å². The molecule has 6 nitrogen and oxygen atoms in total. The number of aldehydes is 1. The highest BCUT2D eigenvalue weighted by Gasteiger charge is 2.18. The van der Waals surface area contributed by atoms with Gasteiger partial charge in [-0.2, -0.15) is 0 Å². The molecule has 0 fully saturated rings. The van der Waals surface area contributed by atoms with E-state index in [2.05, 4.69) is 0 Å². The molecule has 136 valence electrons. The van der Waals surface area contributed by atoms with Crippen LogP contribution < -0.4 is 14.2 Å². The standard InChI is InChI=1S/C20H20O6/c1-22-15-6-4-13(5-7-15)11-25-12-16-9-17-14(10-21)8-18(23-2)20(24-3)19(17)26-16/h4-10H,11-12H2,1-3H3. The highest BCUT2D eigenvalue weighted by molar-refractivity contribution is 6.00. The predicted molar refractivity (Wildman–Crippen MR) is 96.2 cm³/mol. The van der Waals surface area contributed by atoms with Crippen LogP contribution in [0.2, 0.25) is 0 Å². The maximum atomic E-state index is 11.4. The molecular formula is C20H20O6. The molecule has 0 saturated heterocycles. The summed E-state index contributed by atoms with van der Waals surface area (Å²) in [6.07, 6.45) is 0.766. The zero-order valence-corrected chi connectivity index (χ0v) is 14.9. The highest BCUT2D eigenvalue weighted by Crippen LogP contribution is 2.39. The van der Waals surface area contributed by atoms with Crippen LogP contribution in [0.4, 0.5) is 0 Å². The molecule has 0 spiro atoms. The molecule has 0 atom stereocenters. The third kappa shape index (κ3) is 3.50. The minimum absolute atomic E-state index is 0.268. The number of benzene rings is 2. The molecule has 0 aliphatic heterocycles. The predicted octanol–water partition coefficient (Wildman–Crippen LogP) is 3.99. The van der Waals surface area contributed by atoms with Crippen LogP contribution in [0.15, 0.2) is 40.8 Å². The van der Waals surface area contributed by atoms with Crippen LogP contribution in [0.1, 0.15) is 21.7 Å². The fraction of sp³-hybridized carbons (Fsp3) is 0.250. The average molecular weight is 356 g/mol. The van der Waals surface area contributed by atoms with Crippen LogP contribution in [0.3, 0.4) is 0 Å². The summed E-state index contributed by atoms with van der Waals surface area (Å²) < 4.78 is 27.3. The number of methoxy groups -OCH3 is 3. The van der Waals surface area contributed by atoms with Gasteiger partial charge in [0, 0.05) is 10.9 Å². The van der Waals surface area contributed by atoms with E-state index in [-0.39, 0.29) is 6.61 Å². The molecule has 6 heteroatoms. The van der Waals surface area contributed by atoms with Crippen molar-refractivity contribution >= 4 is 17.3 Å². The van der Waals surface area contributed by atoms with Crippen LogP contribution in [-0.2, 0) is 18.0 Å². The van der Waals surface area contributed by atoms with Crippen LogP contribution >= 0.6 is 0 Å². The SMILES string of the molecule is COc1ccc(COCc2cc3c(C=O)cc(OC)c(OC)c3o2)cc1. The number of carbonyl (C=O) groups excluding carboxylic acids is 1. The summed E-state index contributed by atoms with van der Waals surface area (Å²) >= 11 is 0. The second-order valence-electron chi connectivity index (χ2n) is 5.62. The summed E-state index contributed by atoms with van der Waals surface area (Å²) in [7, 11) is 4.67. The summed E-state index contributed by atoms with van der Waals surface area (Å²) in [6, 6.07) is 11.1. The zero-order valence-electron chi connectivity index (χ0n) is 14.9. The van der Waals surface area contributed by atoms with E-state index in [1.807, 2.05) is 24.3 Å². The Balaban J connectivity index is 1.78. The van der Waals surface area contributed by atoms with Crippen molar-refractivity contribution < 1.29 is 28.2 Å². The van der Waals surface area contributed by atoms with Gasteiger partial charge >= 0.3 is 0 Å². The van der Waals surface area contributed by atoms with Crippen molar-refractivity contribution in [3.63, 3.8) is 0 Å². The minimum Gasteiger partial charge on any atom is -0.497 e. The van der Waals surface area contributed by atoms with Gasteiger partial charge in [-0.3, -0.25) is 4.79 Å². The summed E-state index contributed by atoms with van der Waals surface area (Å²) in [4.78, 5) is 11.4. The van der Waals surface area contributed by atoms with Crippen molar-refractivity contribution in [1.29, 1.82) is 0 Å². The Morgan fingerprint density at radius 2 is 1.73 bits per heavy atom. The quantitative estimate of drug-likeness (QED) is 0.569. The van der Waals surface area contributed by atoms with Crippen molar-refractivity contribution in [2.45, 2.75) is 13.2 Å². The maximum Gasteiger partial charge on any atom is 0.204 e. The van der Waals surface area contributed by atoms with E-state index in [4.69, 9.17) is 23.4 Å². The molecule has 1 heterocycles. The first kappa shape index (κ1) is 17.8. The largest absolute Gasteiger partial charge is 0.497 e. The van der Waals surface area contributed by atoms with Gasteiger partial charge in [0.2, 0.25) is 5.75 Å². The number of carbonyl (C=O) groups is 1. The first-order chi connectivity index (χ1) is 12.7. The van der Waals surface area contributed by atoms with E-state index < -0.39 is 0 Å². The Hall–Kier alpha value is -2.99. The average Bonchev–Trinajstić information content (AvgIpc) is 3.11. The van der Waals surface area contributed by atoms with Crippen molar-refractivity contribution in [2.24, 2.45) is 0 Å². The molecule has 26 heavy (non-hydrogen) atoms. The Labute approximate surface area is 151 Å². The fourth-order valence-electron chi connectivity index (χ4n) is 2.73. The van der Waals surface area contributed by atoms with Gasteiger partial charge < -0.3 is 23.4 Å². The van der Waals surface area contributed by atoms with Gasteiger partial charge in [-0.25, -0.2) is 0 Å². The number of hydrogen-bond acceptors (Lipinski definition) is 6. The molecule has 1 aromatic heterocycles. The summed E-state index contributed by atoms with van der Waals surface area (Å²) in [5.74, 6) is 2.30. The maximum absolute atomic E-state index is 11.4. The van der Waals surface area contributed by atoms with Crippen molar-refractivity contribution in [3.8, 4) is 17.2 Å². The molecule has 2 aromatic carbocycles. The molecule has 0 radical (unpaired) electrons. The number of rotatable bonds is 8.